The van der Waals surface area contributed by atoms with Gasteiger partial charge in [-0.05, 0) is 43.6 Å². The molecule has 2 aromatic carbocycles. The highest BCUT2D eigenvalue weighted by Gasteiger charge is 2.22. The Labute approximate surface area is 138 Å². The van der Waals surface area contributed by atoms with Gasteiger partial charge in [0.15, 0.2) is 0 Å². The van der Waals surface area contributed by atoms with Crippen LogP contribution in [0.15, 0.2) is 60.7 Å². The molecule has 1 fully saturated rings. The Hall–Kier alpha value is -2.13. The van der Waals surface area contributed by atoms with Crippen LogP contribution in [0.25, 0.3) is 0 Å². The number of amides is 1. The van der Waals surface area contributed by atoms with E-state index >= 15 is 0 Å². The highest BCUT2D eigenvalue weighted by Crippen LogP contribution is 2.24. The summed E-state index contributed by atoms with van der Waals surface area (Å²) in [5, 5.41) is 3.11. The molecule has 0 aromatic heterocycles. The number of rotatable bonds is 5. The van der Waals surface area contributed by atoms with Gasteiger partial charge in [-0.25, -0.2) is 0 Å². The molecule has 2 aromatic rings. The molecule has 3 heteroatoms. The third-order valence-electron chi connectivity index (χ3n) is 4.51. The van der Waals surface area contributed by atoms with Gasteiger partial charge in [0, 0.05) is 12.1 Å². The van der Waals surface area contributed by atoms with Crippen LogP contribution < -0.4 is 5.32 Å². The molecule has 1 aliphatic heterocycles. The van der Waals surface area contributed by atoms with Crippen LogP contribution in [-0.4, -0.2) is 30.4 Å². The monoisotopic (exact) mass is 308 g/mol. The van der Waals surface area contributed by atoms with Crippen molar-refractivity contribution in [3.05, 3.63) is 71.8 Å². The number of hydrogen-bond donors (Lipinski definition) is 1. The van der Waals surface area contributed by atoms with Crippen molar-refractivity contribution in [2.75, 3.05) is 19.6 Å². The van der Waals surface area contributed by atoms with E-state index in [-0.39, 0.29) is 11.9 Å². The van der Waals surface area contributed by atoms with E-state index < -0.39 is 0 Å². The smallest absolute Gasteiger partial charge is 0.251 e. The first-order valence-electron chi connectivity index (χ1n) is 8.47. The number of carbonyl (C=O) groups excluding carboxylic acids is 1. The Morgan fingerprint density at radius 3 is 2.17 bits per heavy atom. The third kappa shape index (κ3) is 4.20. The van der Waals surface area contributed by atoms with Crippen LogP contribution in [0, 0.1) is 0 Å². The first-order chi connectivity index (χ1) is 11.3. The second-order valence-electron chi connectivity index (χ2n) is 6.10. The second-order valence-corrected chi connectivity index (χ2v) is 6.10. The lowest BCUT2D eigenvalue weighted by atomic mass is 10.0. The normalized spacial score (nSPS) is 16.7. The quantitative estimate of drug-likeness (QED) is 0.914. The first-order valence-corrected chi connectivity index (χ1v) is 8.47. The zero-order chi connectivity index (χ0) is 15.9. The fourth-order valence-electron chi connectivity index (χ4n) is 3.24. The topological polar surface area (TPSA) is 32.3 Å². The zero-order valence-electron chi connectivity index (χ0n) is 13.4. The molecular formula is C20H24N2O. The van der Waals surface area contributed by atoms with Gasteiger partial charge in [-0.15, -0.1) is 0 Å². The largest absolute Gasteiger partial charge is 0.350 e. The van der Waals surface area contributed by atoms with E-state index in [1.807, 2.05) is 36.4 Å². The summed E-state index contributed by atoms with van der Waals surface area (Å²) in [4.78, 5) is 14.8. The fraction of sp³-hybridized carbons (Fsp3) is 0.350. The third-order valence-corrected chi connectivity index (χ3v) is 4.51. The van der Waals surface area contributed by atoms with E-state index in [1.54, 1.807) is 0 Å². The summed E-state index contributed by atoms with van der Waals surface area (Å²) in [5.41, 5.74) is 2.00. The van der Waals surface area contributed by atoms with Crippen molar-refractivity contribution in [3.63, 3.8) is 0 Å². The lowest BCUT2D eigenvalue weighted by molar-refractivity contribution is 0.0924. The van der Waals surface area contributed by atoms with Crippen LogP contribution in [0.2, 0.25) is 0 Å². The van der Waals surface area contributed by atoms with Gasteiger partial charge in [-0.2, -0.15) is 0 Å². The van der Waals surface area contributed by atoms with Crippen LogP contribution >= 0.6 is 0 Å². The van der Waals surface area contributed by atoms with Crippen molar-refractivity contribution < 1.29 is 4.79 Å². The van der Waals surface area contributed by atoms with Gasteiger partial charge >= 0.3 is 0 Å². The van der Waals surface area contributed by atoms with Gasteiger partial charge in [0.2, 0.25) is 0 Å². The Morgan fingerprint density at radius 1 is 0.913 bits per heavy atom. The Balaban J connectivity index is 1.70. The van der Waals surface area contributed by atoms with E-state index in [2.05, 4.69) is 34.5 Å². The maximum atomic E-state index is 12.3. The molecule has 1 atom stereocenters. The van der Waals surface area contributed by atoms with Crippen molar-refractivity contribution >= 4 is 5.91 Å². The number of hydrogen-bond acceptors (Lipinski definition) is 2. The maximum Gasteiger partial charge on any atom is 0.251 e. The molecule has 0 bridgehead atoms. The summed E-state index contributed by atoms with van der Waals surface area (Å²) in [6, 6.07) is 20.2. The SMILES string of the molecule is O=C(NCC(c1ccccc1)N1CCCCC1)c1ccccc1. The number of likely N-dealkylation sites (tertiary alicyclic amines) is 1. The van der Waals surface area contributed by atoms with Crippen molar-refractivity contribution in [2.24, 2.45) is 0 Å². The summed E-state index contributed by atoms with van der Waals surface area (Å²) < 4.78 is 0. The van der Waals surface area contributed by atoms with Gasteiger partial charge in [-0.1, -0.05) is 55.0 Å². The molecule has 1 unspecified atom stereocenters. The lowest BCUT2D eigenvalue weighted by Crippen LogP contribution is -2.40. The molecule has 0 radical (unpaired) electrons. The summed E-state index contributed by atoms with van der Waals surface area (Å²) in [6.45, 7) is 2.87. The first kappa shape index (κ1) is 15.8. The van der Waals surface area contributed by atoms with Crippen LogP contribution in [-0.2, 0) is 0 Å². The predicted octanol–water partition coefficient (Wildman–Crippen LogP) is 3.64. The number of piperidine rings is 1. The van der Waals surface area contributed by atoms with Crippen LogP contribution in [0.5, 0.6) is 0 Å². The van der Waals surface area contributed by atoms with E-state index in [0.717, 1.165) is 18.7 Å². The van der Waals surface area contributed by atoms with E-state index in [4.69, 9.17) is 0 Å². The van der Waals surface area contributed by atoms with Crippen molar-refractivity contribution in [1.29, 1.82) is 0 Å². The average molecular weight is 308 g/mol. The molecule has 1 heterocycles. The second kappa shape index (κ2) is 7.93. The highest BCUT2D eigenvalue weighted by molar-refractivity contribution is 5.94. The molecule has 120 valence electrons. The summed E-state index contributed by atoms with van der Waals surface area (Å²) >= 11 is 0. The molecule has 3 nitrogen and oxygen atoms in total. The van der Waals surface area contributed by atoms with Gasteiger partial charge in [0.25, 0.3) is 5.91 Å². The molecule has 23 heavy (non-hydrogen) atoms. The fourth-order valence-corrected chi connectivity index (χ4v) is 3.24. The molecule has 0 spiro atoms. The van der Waals surface area contributed by atoms with Crippen LogP contribution in [0.4, 0.5) is 0 Å². The summed E-state index contributed by atoms with van der Waals surface area (Å²) in [7, 11) is 0. The molecule has 3 rings (SSSR count). The summed E-state index contributed by atoms with van der Waals surface area (Å²) in [6.07, 6.45) is 3.81. The minimum atomic E-state index is 0.00328. The molecule has 1 aliphatic rings. The van der Waals surface area contributed by atoms with Crippen LogP contribution in [0.1, 0.15) is 41.2 Å². The molecule has 0 aliphatic carbocycles. The number of carbonyl (C=O) groups is 1. The molecule has 1 amide bonds. The van der Waals surface area contributed by atoms with E-state index in [1.165, 1.54) is 24.8 Å². The molecule has 0 saturated carbocycles. The molecular weight excluding hydrogens is 284 g/mol. The van der Waals surface area contributed by atoms with Gasteiger partial charge < -0.3 is 5.32 Å². The van der Waals surface area contributed by atoms with E-state index in [9.17, 15) is 4.79 Å². The van der Waals surface area contributed by atoms with Gasteiger partial charge in [0.1, 0.15) is 0 Å². The van der Waals surface area contributed by atoms with Crippen molar-refractivity contribution in [3.8, 4) is 0 Å². The number of nitrogens with one attached hydrogen (secondary N) is 1. The number of benzene rings is 2. The Bertz CT molecular complexity index is 606. The highest BCUT2D eigenvalue weighted by atomic mass is 16.1. The van der Waals surface area contributed by atoms with Crippen molar-refractivity contribution in [2.45, 2.75) is 25.3 Å². The van der Waals surface area contributed by atoms with E-state index in [0.29, 0.717) is 6.54 Å². The van der Waals surface area contributed by atoms with Crippen LogP contribution in [0.3, 0.4) is 0 Å². The molecule has 1 saturated heterocycles. The predicted molar refractivity (Wildman–Crippen MR) is 93.4 cm³/mol. The average Bonchev–Trinajstić information content (AvgIpc) is 2.64. The lowest BCUT2D eigenvalue weighted by Gasteiger charge is -2.35. The summed E-state index contributed by atoms with van der Waals surface area (Å²) in [5.74, 6) is 0.00328. The standard InChI is InChI=1S/C20H24N2O/c23-20(18-12-6-2-7-13-18)21-16-19(17-10-4-1-5-11-17)22-14-8-3-9-15-22/h1-2,4-7,10-13,19H,3,8-9,14-16H2,(H,21,23). The minimum Gasteiger partial charge on any atom is -0.350 e. The Kier molecular flexibility index (Phi) is 5.43. The number of nitrogens with zero attached hydrogens (tertiary/aromatic N) is 1. The van der Waals surface area contributed by atoms with Crippen molar-refractivity contribution in [1.82, 2.24) is 10.2 Å². The maximum absolute atomic E-state index is 12.3. The molecule has 1 N–H and O–H groups in total. The van der Waals surface area contributed by atoms with Gasteiger partial charge in [-0.3, -0.25) is 9.69 Å². The zero-order valence-corrected chi connectivity index (χ0v) is 13.4. The van der Waals surface area contributed by atoms with Gasteiger partial charge in [0.05, 0.1) is 6.04 Å². The Morgan fingerprint density at radius 2 is 1.52 bits per heavy atom. The minimum absolute atomic E-state index is 0.00328.